The van der Waals surface area contributed by atoms with Crippen LogP contribution in [0.2, 0.25) is 0 Å². The Bertz CT molecular complexity index is 1050. The zero-order chi connectivity index (χ0) is 19.3. The first-order valence-corrected chi connectivity index (χ1v) is 12.0. The second kappa shape index (κ2) is 6.33. The van der Waals surface area contributed by atoms with E-state index >= 15 is 0 Å². The van der Waals surface area contributed by atoms with Gasteiger partial charge in [-0.05, 0) is 48.1 Å². The van der Waals surface area contributed by atoms with Gasteiger partial charge >= 0.3 is 0 Å². The summed E-state index contributed by atoms with van der Waals surface area (Å²) in [7, 11) is -7.66. The Hall–Kier alpha value is -1.42. The molecule has 1 aromatic carbocycles. The molecule has 6 nitrogen and oxygen atoms in total. The van der Waals surface area contributed by atoms with Gasteiger partial charge in [0.2, 0.25) is 10.0 Å². The van der Waals surface area contributed by atoms with Crippen LogP contribution in [0.5, 0.6) is 0 Å². The van der Waals surface area contributed by atoms with E-state index in [4.69, 9.17) is 5.14 Å². The van der Waals surface area contributed by atoms with Crippen molar-refractivity contribution in [2.45, 2.75) is 48.1 Å². The van der Waals surface area contributed by atoms with E-state index in [9.17, 15) is 16.8 Å². The van der Waals surface area contributed by atoms with Crippen LogP contribution in [0.3, 0.4) is 0 Å². The van der Waals surface area contributed by atoms with Crippen molar-refractivity contribution in [3.8, 4) is 0 Å². The smallest absolute Gasteiger partial charge is 0.265 e. The van der Waals surface area contributed by atoms with Crippen LogP contribution in [0.1, 0.15) is 37.6 Å². The van der Waals surface area contributed by atoms with E-state index in [1.54, 1.807) is 12.1 Å². The number of rotatable bonds is 3. The number of aryl methyl sites for hydroxylation is 1. The molecule has 0 saturated heterocycles. The molecule has 2 N–H and O–H groups in total. The van der Waals surface area contributed by atoms with Crippen molar-refractivity contribution in [1.29, 1.82) is 0 Å². The van der Waals surface area contributed by atoms with Crippen LogP contribution in [0.4, 0.5) is 5.69 Å². The molecule has 9 heteroatoms. The highest BCUT2D eigenvalue weighted by Crippen LogP contribution is 2.37. The number of fused-ring (bicyclic) bond motifs is 1. The third kappa shape index (κ3) is 3.53. The zero-order valence-electron chi connectivity index (χ0n) is 14.9. The third-order valence-electron chi connectivity index (χ3n) is 4.33. The molecular weight excluding hydrogens is 392 g/mol. The van der Waals surface area contributed by atoms with Gasteiger partial charge in [0, 0.05) is 11.4 Å². The summed E-state index contributed by atoms with van der Waals surface area (Å²) in [4.78, 5) is 0.895. The minimum absolute atomic E-state index is 0.0834. The van der Waals surface area contributed by atoms with Crippen molar-refractivity contribution >= 4 is 37.1 Å². The summed E-state index contributed by atoms with van der Waals surface area (Å²) in [6.07, 6.45) is 1.38. The number of hydrogen-bond acceptors (Lipinski definition) is 5. The van der Waals surface area contributed by atoms with Gasteiger partial charge in [-0.15, -0.1) is 11.3 Å². The van der Waals surface area contributed by atoms with Crippen molar-refractivity contribution in [1.82, 2.24) is 0 Å². The van der Waals surface area contributed by atoms with Crippen molar-refractivity contribution in [2.24, 2.45) is 5.14 Å². The predicted octanol–water partition coefficient (Wildman–Crippen LogP) is 2.83. The lowest BCUT2D eigenvalue weighted by Gasteiger charge is -2.30. The van der Waals surface area contributed by atoms with Crippen molar-refractivity contribution in [2.75, 3.05) is 10.8 Å². The van der Waals surface area contributed by atoms with Gasteiger partial charge in [-0.3, -0.25) is 4.31 Å². The maximum Gasteiger partial charge on any atom is 0.273 e. The molecule has 26 heavy (non-hydrogen) atoms. The first kappa shape index (κ1) is 19.3. The van der Waals surface area contributed by atoms with Gasteiger partial charge < -0.3 is 0 Å². The van der Waals surface area contributed by atoms with Gasteiger partial charge in [0.25, 0.3) is 10.0 Å². The molecule has 1 aliphatic heterocycles. The fourth-order valence-electron chi connectivity index (χ4n) is 2.92. The summed E-state index contributed by atoms with van der Waals surface area (Å²) in [5.41, 5.74) is 1.06. The second-order valence-electron chi connectivity index (χ2n) is 7.38. The number of nitrogens with zero attached hydrogens (tertiary/aromatic N) is 1. The quantitative estimate of drug-likeness (QED) is 0.835. The molecule has 142 valence electrons. The average Bonchev–Trinajstić information content (AvgIpc) is 3.04. The Morgan fingerprint density at radius 3 is 2.35 bits per heavy atom. The first-order valence-electron chi connectivity index (χ1n) is 8.19. The fraction of sp³-hybridized carbons (Fsp3) is 0.412. The summed E-state index contributed by atoms with van der Waals surface area (Å²) in [5.74, 6) is 0. The Labute approximate surface area is 158 Å². The van der Waals surface area contributed by atoms with Crippen LogP contribution >= 0.6 is 11.3 Å². The number of thiophene rings is 1. The highest BCUT2D eigenvalue weighted by Gasteiger charge is 2.32. The van der Waals surface area contributed by atoms with Crippen LogP contribution in [0, 0.1) is 0 Å². The molecule has 2 aromatic rings. The van der Waals surface area contributed by atoms with Gasteiger partial charge in [0.1, 0.15) is 4.21 Å². The molecule has 2 heterocycles. The first-order chi connectivity index (χ1) is 11.9. The van der Waals surface area contributed by atoms with E-state index in [2.05, 4.69) is 0 Å². The summed E-state index contributed by atoms with van der Waals surface area (Å²) >= 11 is 1.25. The average molecular weight is 415 g/mol. The van der Waals surface area contributed by atoms with Gasteiger partial charge in [-0.1, -0.05) is 26.8 Å². The van der Waals surface area contributed by atoms with Crippen LogP contribution in [-0.2, 0) is 31.9 Å². The standard InChI is InChI=1S/C17H22N2O4S3/c1-17(2,3)15-8-9-16(24-15)26(22,23)19-10-4-5-12-6-7-13(11-14(12)19)25(18,20)21/h6-9,11H,4-5,10H2,1-3H3,(H2,18,20,21). The summed E-state index contributed by atoms with van der Waals surface area (Å²) in [5, 5.41) is 5.21. The highest BCUT2D eigenvalue weighted by molar-refractivity contribution is 7.94. The molecule has 0 aliphatic carbocycles. The number of benzene rings is 1. The van der Waals surface area contributed by atoms with E-state index in [1.165, 1.54) is 27.8 Å². The SMILES string of the molecule is CC(C)(C)c1ccc(S(=O)(=O)N2CCCc3ccc(S(N)(=O)=O)cc32)s1. The topological polar surface area (TPSA) is 97.5 Å². The van der Waals surface area contributed by atoms with Crippen molar-refractivity contribution < 1.29 is 16.8 Å². The van der Waals surface area contributed by atoms with Crippen LogP contribution in [0.15, 0.2) is 39.4 Å². The normalized spacial score (nSPS) is 15.8. The van der Waals surface area contributed by atoms with E-state index in [1.807, 2.05) is 26.8 Å². The molecule has 0 atom stereocenters. The molecule has 0 bridgehead atoms. The van der Waals surface area contributed by atoms with Crippen LogP contribution in [0.25, 0.3) is 0 Å². The Morgan fingerprint density at radius 1 is 1.08 bits per heavy atom. The molecule has 1 aromatic heterocycles. The number of nitrogens with two attached hydrogens (primary N) is 1. The minimum atomic E-state index is -3.90. The molecule has 3 rings (SSSR count). The second-order valence-corrected chi connectivity index (χ2v) is 12.1. The summed E-state index contributed by atoms with van der Waals surface area (Å²) in [6.45, 7) is 6.41. The molecule has 0 fully saturated rings. The number of primary sulfonamides is 1. The predicted molar refractivity (Wildman–Crippen MR) is 104 cm³/mol. The summed E-state index contributed by atoms with van der Waals surface area (Å²) in [6, 6.07) is 7.89. The van der Waals surface area contributed by atoms with Gasteiger partial charge in [0.05, 0.1) is 10.6 Å². The largest absolute Gasteiger partial charge is 0.273 e. The van der Waals surface area contributed by atoms with E-state index < -0.39 is 20.0 Å². The van der Waals surface area contributed by atoms with Crippen LogP contribution < -0.4 is 9.44 Å². The molecule has 0 amide bonds. The van der Waals surface area contributed by atoms with Gasteiger partial charge in [-0.2, -0.15) is 0 Å². The van der Waals surface area contributed by atoms with E-state index in [0.717, 1.165) is 10.4 Å². The molecule has 0 unspecified atom stereocenters. The molecule has 0 spiro atoms. The molecular formula is C17H22N2O4S3. The van der Waals surface area contributed by atoms with Crippen molar-refractivity contribution in [3.05, 3.63) is 40.8 Å². The maximum absolute atomic E-state index is 13.2. The lowest BCUT2D eigenvalue weighted by Crippen LogP contribution is -2.35. The molecule has 0 saturated carbocycles. The van der Waals surface area contributed by atoms with Gasteiger partial charge in [-0.25, -0.2) is 22.0 Å². The summed E-state index contributed by atoms with van der Waals surface area (Å²) < 4.78 is 51.3. The fourth-order valence-corrected chi connectivity index (χ4v) is 6.46. The monoisotopic (exact) mass is 414 g/mol. The Balaban J connectivity index is 2.09. The molecule has 1 aliphatic rings. The highest BCUT2D eigenvalue weighted by atomic mass is 32.2. The Morgan fingerprint density at radius 2 is 1.77 bits per heavy atom. The Kier molecular flexibility index (Phi) is 4.71. The number of hydrogen-bond donors (Lipinski definition) is 1. The van der Waals surface area contributed by atoms with Gasteiger partial charge in [0.15, 0.2) is 0 Å². The zero-order valence-corrected chi connectivity index (χ0v) is 17.3. The minimum Gasteiger partial charge on any atom is -0.265 e. The van der Waals surface area contributed by atoms with Crippen molar-refractivity contribution in [3.63, 3.8) is 0 Å². The molecule has 0 radical (unpaired) electrons. The van der Waals surface area contributed by atoms with Crippen LogP contribution in [-0.4, -0.2) is 23.4 Å². The number of anilines is 1. The van der Waals surface area contributed by atoms with E-state index in [-0.39, 0.29) is 14.5 Å². The lowest BCUT2D eigenvalue weighted by molar-refractivity contribution is 0.587. The number of sulfonamides is 2. The maximum atomic E-state index is 13.2. The van der Waals surface area contributed by atoms with E-state index in [0.29, 0.717) is 25.1 Å². The third-order valence-corrected chi connectivity index (χ3v) is 9.03. The lowest BCUT2D eigenvalue weighted by atomic mass is 9.95.